The molecule has 2 N–H and O–H groups in total. The van der Waals surface area contributed by atoms with Gasteiger partial charge in [-0.05, 0) is 25.7 Å². The Morgan fingerprint density at radius 2 is 1.42 bits per heavy atom. The second kappa shape index (κ2) is 3.00. The zero-order valence-electron chi connectivity index (χ0n) is 7.50. The van der Waals surface area contributed by atoms with Crippen molar-refractivity contribution in [1.82, 2.24) is 0 Å². The first-order chi connectivity index (χ1) is 5.76. The van der Waals surface area contributed by atoms with Crippen molar-refractivity contribution in [3.05, 3.63) is 0 Å². The van der Waals surface area contributed by atoms with Crippen molar-refractivity contribution in [2.24, 2.45) is 5.41 Å². The maximum Gasteiger partial charge on any atom is 0.0621 e. The first kappa shape index (κ1) is 8.52. The molecule has 3 atom stereocenters. The summed E-state index contributed by atoms with van der Waals surface area (Å²) in [5.74, 6) is 0. The molecular weight excluding hydrogens is 152 g/mol. The van der Waals surface area contributed by atoms with Crippen LogP contribution in [-0.4, -0.2) is 22.4 Å². The SMILES string of the molecule is OC1CCCCC12CCCC2O. The fourth-order valence-corrected chi connectivity index (χ4v) is 3.00. The molecular formula is C10H18O2. The monoisotopic (exact) mass is 170 g/mol. The summed E-state index contributed by atoms with van der Waals surface area (Å²) in [4.78, 5) is 0. The molecule has 2 aliphatic rings. The van der Waals surface area contributed by atoms with Crippen LogP contribution in [0.2, 0.25) is 0 Å². The zero-order valence-corrected chi connectivity index (χ0v) is 7.50. The second-order valence-electron chi connectivity index (χ2n) is 4.40. The molecule has 0 amide bonds. The van der Waals surface area contributed by atoms with Gasteiger partial charge in [-0.25, -0.2) is 0 Å². The minimum atomic E-state index is -0.233. The molecule has 12 heavy (non-hydrogen) atoms. The molecule has 70 valence electrons. The van der Waals surface area contributed by atoms with E-state index in [0.717, 1.165) is 38.5 Å². The van der Waals surface area contributed by atoms with Gasteiger partial charge in [-0.1, -0.05) is 19.3 Å². The Hall–Kier alpha value is -0.0800. The summed E-state index contributed by atoms with van der Waals surface area (Å²) in [6.07, 6.45) is 6.83. The van der Waals surface area contributed by atoms with Crippen molar-refractivity contribution in [2.75, 3.05) is 0 Å². The zero-order chi connectivity index (χ0) is 8.60. The molecule has 2 saturated carbocycles. The van der Waals surface area contributed by atoms with Gasteiger partial charge in [0.05, 0.1) is 12.2 Å². The lowest BCUT2D eigenvalue weighted by atomic mass is 9.69. The first-order valence-electron chi connectivity index (χ1n) is 5.12. The van der Waals surface area contributed by atoms with E-state index in [9.17, 15) is 10.2 Å². The lowest BCUT2D eigenvalue weighted by Crippen LogP contribution is -2.43. The van der Waals surface area contributed by atoms with E-state index in [0.29, 0.717) is 0 Å². The summed E-state index contributed by atoms with van der Waals surface area (Å²) in [5, 5.41) is 19.7. The first-order valence-corrected chi connectivity index (χ1v) is 5.12. The predicted octanol–water partition coefficient (Wildman–Crippen LogP) is 1.45. The van der Waals surface area contributed by atoms with Crippen LogP contribution in [-0.2, 0) is 0 Å². The van der Waals surface area contributed by atoms with Crippen molar-refractivity contribution in [1.29, 1.82) is 0 Å². The highest BCUT2D eigenvalue weighted by Gasteiger charge is 2.48. The minimum absolute atomic E-state index is 0.0990. The van der Waals surface area contributed by atoms with Crippen molar-refractivity contribution in [3.8, 4) is 0 Å². The lowest BCUT2D eigenvalue weighted by Gasteiger charge is -2.40. The second-order valence-corrected chi connectivity index (χ2v) is 4.40. The number of aliphatic hydroxyl groups is 2. The Morgan fingerprint density at radius 1 is 0.833 bits per heavy atom. The Balaban J connectivity index is 2.15. The standard InChI is InChI=1S/C10H18O2/c11-8-4-1-2-6-10(8)7-3-5-9(10)12/h8-9,11-12H,1-7H2. The van der Waals surface area contributed by atoms with Crippen LogP contribution in [0.25, 0.3) is 0 Å². The Kier molecular flexibility index (Phi) is 2.13. The normalized spacial score (nSPS) is 48.5. The van der Waals surface area contributed by atoms with Crippen molar-refractivity contribution in [3.63, 3.8) is 0 Å². The quantitative estimate of drug-likeness (QED) is 0.577. The molecule has 3 unspecified atom stereocenters. The van der Waals surface area contributed by atoms with Gasteiger partial charge in [0.1, 0.15) is 0 Å². The third-order valence-electron chi connectivity index (χ3n) is 3.82. The van der Waals surface area contributed by atoms with Gasteiger partial charge in [-0.2, -0.15) is 0 Å². The fourth-order valence-electron chi connectivity index (χ4n) is 3.00. The van der Waals surface area contributed by atoms with E-state index in [1.165, 1.54) is 6.42 Å². The van der Waals surface area contributed by atoms with Crippen LogP contribution in [0.5, 0.6) is 0 Å². The minimum Gasteiger partial charge on any atom is -0.392 e. The summed E-state index contributed by atoms with van der Waals surface area (Å²) in [6, 6.07) is 0. The molecule has 2 nitrogen and oxygen atoms in total. The number of hydrogen-bond acceptors (Lipinski definition) is 2. The van der Waals surface area contributed by atoms with E-state index in [-0.39, 0.29) is 17.6 Å². The molecule has 0 saturated heterocycles. The fraction of sp³-hybridized carbons (Fsp3) is 1.00. The summed E-state index contributed by atoms with van der Waals surface area (Å²) >= 11 is 0. The van der Waals surface area contributed by atoms with E-state index in [1.807, 2.05) is 0 Å². The van der Waals surface area contributed by atoms with Crippen LogP contribution in [0.1, 0.15) is 44.9 Å². The van der Waals surface area contributed by atoms with Crippen LogP contribution in [0, 0.1) is 5.41 Å². The van der Waals surface area contributed by atoms with E-state index in [1.54, 1.807) is 0 Å². The highest BCUT2D eigenvalue weighted by atomic mass is 16.3. The van der Waals surface area contributed by atoms with Gasteiger partial charge in [0, 0.05) is 5.41 Å². The summed E-state index contributed by atoms with van der Waals surface area (Å²) in [6.45, 7) is 0. The molecule has 0 bridgehead atoms. The molecule has 2 fully saturated rings. The molecule has 0 aliphatic heterocycles. The lowest BCUT2D eigenvalue weighted by molar-refractivity contribution is -0.0763. The van der Waals surface area contributed by atoms with Gasteiger partial charge in [0.15, 0.2) is 0 Å². The average Bonchev–Trinajstić information content (AvgIpc) is 2.41. The smallest absolute Gasteiger partial charge is 0.0621 e. The van der Waals surface area contributed by atoms with Crippen LogP contribution < -0.4 is 0 Å². The third-order valence-corrected chi connectivity index (χ3v) is 3.82. The summed E-state index contributed by atoms with van der Waals surface area (Å²) in [5.41, 5.74) is -0.0990. The molecule has 0 radical (unpaired) electrons. The number of aliphatic hydroxyl groups excluding tert-OH is 2. The van der Waals surface area contributed by atoms with Crippen molar-refractivity contribution < 1.29 is 10.2 Å². The molecule has 2 heteroatoms. The average molecular weight is 170 g/mol. The summed E-state index contributed by atoms with van der Waals surface area (Å²) in [7, 11) is 0. The molecule has 2 rings (SSSR count). The van der Waals surface area contributed by atoms with Gasteiger partial charge in [0.25, 0.3) is 0 Å². The largest absolute Gasteiger partial charge is 0.392 e. The number of hydrogen-bond donors (Lipinski definition) is 2. The third kappa shape index (κ3) is 1.09. The molecule has 0 aromatic heterocycles. The van der Waals surface area contributed by atoms with Crippen LogP contribution in [0.3, 0.4) is 0 Å². The van der Waals surface area contributed by atoms with Crippen molar-refractivity contribution >= 4 is 0 Å². The predicted molar refractivity (Wildman–Crippen MR) is 46.8 cm³/mol. The van der Waals surface area contributed by atoms with Crippen LogP contribution in [0.4, 0.5) is 0 Å². The van der Waals surface area contributed by atoms with E-state index < -0.39 is 0 Å². The van der Waals surface area contributed by atoms with E-state index >= 15 is 0 Å². The molecule has 2 aliphatic carbocycles. The maximum absolute atomic E-state index is 9.87. The van der Waals surface area contributed by atoms with Crippen LogP contribution >= 0.6 is 0 Å². The molecule has 0 aromatic rings. The maximum atomic E-state index is 9.87. The molecule has 0 heterocycles. The highest BCUT2D eigenvalue weighted by Crippen LogP contribution is 2.49. The highest BCUT2D eigenvalue weighted by molar-refractivity contribution is 4.98. The Bertz CT molecular complexity index is 169. The van der Waals surface area contributed by atoms with E-state index in [2.05, 4.69) is 0 Å². The molecule has 1 spiro atoms. The van der Waals surface area contributed by atoms with Gasteiger partial charge in [0.2, 0.25) is 0 Å². The van der Waals surface area contributed by atoms with Gasteiger partial charge >= 0.3 is 0 Å². The van der Waals surface area contributed by atoms with Gasteiger partial charge in [-0.15, -0.1) is 0 Å². The summed E-state index contributed by atoms with van der Waals surface area (Å²) < 4.78 is 0. The molecule has 0 aromatic carbocycles. The van der Waals surface area contributed by atoms with Crippen molar-refractivity contribution in [2.45, 2.75) is 57.2 Å². The van der Waals surface area contributed by atoms with Crippen LogP contribution in [0.15, 0.2) is 0 Å². The Morgan fingerprint density at radius 3 is 2.00 bits per heavy atom. The van der Waals surface area contributed by atoms with Gasteiger partial charge in [-0.3, -0.25) is 0 Å². The van der Waals surface area contributed by atoms with E-state index in [4.69, 9.17) is 0 Å². The Labute approximate surface area is 73.6 Å². The van der Waals surface area contributed by atoms with Gasteiger partial charge < -0.3 is 10.2 Å². The topological polar surface area (TPSA) is 40.5 Å². The number of rotatable bonds is 0.